The van der Waals surface area contributed by atoms with Crippen LogP contribution in [-0.4, -0.2) is 99.6 Å². The quantitative estimate of drug-likeness (QED) is 0.0149. The van der Waals surface area contributed by atoms with E-state index in [0.717, 1.165) is 70.6 Å². The number of unbranched alkanes of at least 4 members (excludes halogenated alkanes) is 28. The number of hydrogen-bond donors (Lipinski definition) is 6. The topological polar surface area (TPSA) is 175 Å². The molecule has 0 radical (unpaired) electrons. The van der Waals surface area contributed by atoms with E-state index >= 15 is 0 Å². The Morgan fingerprint density at radius 1 is 0.571 bits per heavy atom. The average molecular weight is 988 g/mol. The van der Waals surface area contributed by atoms with Gasteiger partial charge in [-0.25, -0.2) is 0 Å². The molecule has 0 saturated carbocycles. The molecule has 11 heteroatoms. The summed E-state index contributed by atoms with van der Waals surface area (Å²) < 4.78 is 17.6. The zero-order valence-corrected chi connectivity index (χ0v) is 44.6. The van der Waals surface area contributed by atoms with Crippen LogP contribution in [0.3, 0.4) is 0 Å². The van der Waals surface area contributed by atoms with Crippen LogP contribution in [0.1, 0.15) is 239 Å². The minimum atomic E-state index is -1.62. The average Bonchev–Trinajstić information content (AvgIpc) is 3.36. The van der Waals surface area contributed by atoms with Gasteiger partial charge in [0.2, 0.25) is 5.91 Å². The van der Waals surface area contributed by atoms with Crippen molar-refractivity contribution in [3.05, 3.63) is 60.8 Å². The van der Waals surface area contributed by atoms with E-state index in [4.69, 9.17) is 14.2 Å². The summed E-state index contributed by atoms with van der Waals surface area (Å²) in [6, 6.07) is -1.04. The van der Waals surface area contributed by atoms with Crippen LogP contribution in [0.4, 0.5) is 0 Å². The van der Waals surface area contributed by atoms with Crippen LogP contribution in [0.25, 0.3) is 0 Å². The standard InChI is InChI=1S/C59H105NO10/c1-4-7-10-13-16-19-22-25-27-29-32-35-38-41-44-47-54(64)70-57-56(66)55(65)53(48-61)69-59(57)68-49-50(51(62)45-42-39-36-33-30-24-21-18-15-12-9-6-3)60-58(67)52(63)46-43-40-37-34-31-28-26-23-20-17-14-11-8-5-2/h8,11,14,17,20,23,26,28,42,45,50-53,55-57,59,61-63,65-66H,4-7,9-10,12-13,15-16,18-19,21-22,24-25,27,29-41,43-44,46-49H2,1-3H3,(H,60,67)/b11-8+,17-14+,23-20+,28-26-,45-42+. The molecule has 1 aliphatic rings. The third-order valence-electron chi connectivity index (χ3n) is 13.3. The number of amides is 1. The fourth-order valence-corrected chi connectivity index (χ4v) is 8.72. The predicted molar refractivity (Wildman–Crippen MR) is 287 cm³/mol. The van der Waals surface area contributed by atoms with Gasteiger partial charge < -0.3 is 45.1 Å². The second-order valence-electron chi connectivity index (χ2n) is 19.7. The van der Waals surface area contributed by atoms with E-state index in [1.54, 1.807) is 6.08 Å². The van der Waals surface area contributed by atoms with E-state index in [9.17, 15) is 35.1 Å². The first-order valence-corrected chi connectivity index (χ1v) is 28.6. The smallest absolute Gasteiger partial charge is 0.306 e. The van der Waals surface area contributed by atoms with E-state index < -0.39 is 67.4 Å². The van der Waals surface area contributed by atoms with Crippen molar-refractivity contribution in [3.63, 3.8) is 0 Å². The maximum atomic E-state index is 13.4. The second-order valence-corrected chi connectivity index (χ2v) is 19.7. The summed E-state index contributed by atoms with van der Waals surface area (Å²) in [5.74, 6) is -1.22. The van der Waals surface area contributed by atoms with Gasteiger partial charge >= 0.3 is 5.97 Å². The van der Waals surface area contributed by atoms with E-state index in [1.165, 1.54) is 122 Å². The fourth-order valence-electron chi connectivity index (χ4n) is 8.72. The lowest BCUT2D eigenvalue weighted by atomic mass is 9.99. The van der Waals surface area contributed by atoms with Crippen molar-refractivity contribution in [3.8, 4) is 0 Å². The normalized spacial score (nSPS) is 20.1. The molecule has 1 rings (SSSR count). The number of carbonyl (C=O) groups excluding carboxylic acids is 2. The first-order chi connectivity index (χ1) is 34.2. The van der Waals surface area contributed by atoms with Gasteiger partial charge in [0.1, 0.15) is 24.4 Å². The summed E-state index contributed by atoms with van der Waals surface area (Å²) in [5.41, 5.74) is 0. The van der Waals surface area contributed by atoms with Crippen LogP contribution in [0, 0.1) is 0 Å². The molecule has 70 heavy (non-hydrogen) atoms. The largest absolute Gasteiger partial charge is 0.454 e. The molecule has 0 spiro atoms. The van der Waals surface area contributed by atoms with Crippen molar-refractivity contribution in [2.24, 2.45) is 0 Å². The van der Waals surface area contributed by atoms with Crippen LogP contribution in [-0.2, 0) is 23.8 Å². The summed E-state index contributed by atoms with van der Waals surface area (Å²) in [6.45, 7) is 5.62. The lowest BCUT2D eigenvalue weighted by Crippen LogP contribution is -2.61. The molecule has 0 aromatic carbocycles. The minimum absolute atomic E-state index is 0.122. The molecule has 6 N–H and O–H groups in total. The molecule has 11 nitrogen and oxygen atoms in total. The number of nitrogens with one attached hydrogen (secondary N) is 1. The Morgan fingerprint density at radius 2 is 1.03 bits per heavy atom. The third kappa shape index (κ3) is 35.5. The van der Waals surface area contributed by atoms with E-state index in [2.05, 4.69) is 38.2 Å². The Hall–Kier alpha value is -2.64. The molecule has 8 unspecified atom stereocenters. The van der Waals surface area contributed by atoms with Crippen molar-refractivity contribution in [1.82, 2.24) is 5.32 Å². The predicted octanol–water partition coefficient (Wildman–Crippen LogP) is 12.7. The molecule has 1 heterocycles. The summed E-state index contributed by atoms with van der Waals surface area (Å²) in [5, 5.41) is 56.8. The second kappa shape index (κ2) is 47.4. The number of allylic oxidation sites excluding steroid dienone is 9. The zero-order valence-electron chi connectivity index (χ0n) is 44.6. The van der Waals surface area contributed by atoms with Gasteiger partial charge in [-0.1, -0.05) is 248 Å². The number of carbonyl (C=O) groups is 2. The van der Waals surface area contributed by atoms with Gasteiger partial charge in [-0.05, 0) is 44.9 Å². The van der Waals surface area contributed by atoms with Crippen molar-refractivity contribution in [2.45, 2.75) is 288 Å². The maximum Gasteiger partial charge on any atom is 0.306 e. The van der Waals surface area contributed by atoms with Crippen molar-refractivity contribution < 1.29 is 49.3 Å². The number of aliphatic hydroxyl groups excluding tert-OH is 5. The molecule has 0 aliphatic carbocycles. The lowest BCUT2D eigenvalue weighted by molar-refractivity contribution is -0.305. The van der Waals surface area contributed by atoms with Gasteiger partial charge in [-0.3, -0.25) is 9.59 Å². The lowest BCUT2D eigenvalue weighted by Gasteiger charge is -2.41. The van der Waals surface area contributed by atoms with E-state index in [0.29, 0.717) is 12.8 Å². The molecule has 1 fully saturated rings. The van der Waals surface area contributed by atoms with Gasteiger partial charge in [-0.15, -0.1) is 0 Å². The fraction of sp³-hybridized carbons (Fsp3) is 0.797. The van der Waals surface area contributed by atoms with Crippen molar-refractivity contribution in [2.75, 3.05) is 13.2 Å². The SMILES string of the molecule is CC/C=C/C=C/C=C/C=C\CCCCCCC(O)C(=O)NC(COC1OC(CO)C(O)C(O)C1OC(=O)CCCCCCCCCCCCCCCCC)C(O)/C=C/CCCCCCCCCCCC. The number of hydrogen-bond acceptors (Lipinski definition) is 10. The Morgan fingerprint density at radius 3 is 1.54 bits per heavy atom. The maximum absolute atomic E-state index is 13.4. The first kappa shape index (κ1) is 65.4. The molecule has 406 valence electrons. The van der Waals surface area contributed by atoms with Gasteiger partial charge in [0, 0.05) is 6.42 Å². The summed E-state index contributed by atoms with van der Waals surface area (Å²) >= 11 is 0. The highest BCUT2D eigenvalue weighted by Gasteiger charge is 2.47. The number of rotatable bonds is 47. The Labute approximate surface area is 427 Å². The van der Waals surface area contributed by atoms with Crippen LogP contribution in [0.5, 0.6) is 0 Å². The highest BCUT2D eigenvalue weighted by atomic mass is 16.7. The summed E-state index contributed by atoms with van der Waals surface area (Å²) in [6.07, 6.45) is 46.9. The van der Waals surface area contributed by atoms with Crippen LogP contribution in [0.2, 0.25) is 0 Å². The molecule has 1 aliphatic heterocycles. The van der Waals surface area contributed by atoms with Gasteiger partial charge in [0.15, 0.2) is 12.4 Å². The van der Waals surface area contributed by atoms with Gasteiger partial charge in [0.05, 0.1) is 25.4 Å². The Bertz CT molecular complexity index is 1370. The van der Waals surface area contributed by atoms with E-state index in [-0.39, 0.29) is 19.4 Å². The molecular formula is C59H105NO10. The minimum Gasteiger partial charge on any atom is -0.454 e. The van der Waals surface area contributed by atoms with Gasteiger partial charge in [0.25, 0.3) is 0 Å². The molecule has 8 atom stereocenters. The Balaban J connectivity index is 2.75. The molecule has 1 saturated heterocycles. The van der Waals surface area contributed by atoms with Crippen molar-refractivity contribution >= 4 is 11.9 Å². The zero-order chi connectivity index (χ0) is 51.1. The number of aliphatic hydroxyl groups is 5. The highest BCUT2D eigenvalue weighted by Crippen LogP contribution is 2.26. The van der Waals surface area contributed by atoms with Crippen LogP contribution < -0.4 is 5.32 Å². The number of esters is 1. The molecule has 0 bridgehead atoms. The van der Waals surface area contributed by atoms with E-state index in [1.807, 2.05) is 42.5 Å². The molecule has 1 amide bonds. The van der Waals surface area contributed by atoms with Gasteiger partial charge in [-0.2, -0.15) is 0 Å². The highest BCUT2D eigenvalue weighted by molar-refractivity contribution is 5.80. The summed E-state index contributed by atoms with van der Waals surface area (Å²) in [4.78, 5) is 26.4. The van der Waals surface area contributed by atoms with Crippen LogP contribution in [0.15, 0.2) is 60.8 Å². The molecule has 0 aromatic heterocycles. The van der Waals surface area contributed by atoms with Crippen LogP contribution >= 0.6 is 0 Å². The summed E-state index contributed by atoms with van der Waals surface area (Å²) in [7, 11) is 0. The number of ether oxygens (including phenoxy) is 3. The molecule has 0 aromatic rings. The van der Waals surface area contributed by atoms with Crippen molar-refractivity contribution in [1.29, 1.82) is 0 Å². The monoisotopic (exact) mass is 988 g/mol. The third-order valence-corrected chi connectivity index (χ3v) is 13.3. The first-order valence-electron chi connectivity index (χ1n) is 28.6. The Kier molecular flexibility index (Phi) is 44.2. The molecular weight excluding hydrogens is 883 g/mol.